The minimum atomic E-state index is -0.413. The van der Waals surface area contributed by atoms with E-state index in [1.165, 1.54) is 0 Å². The van der Waals surface area contributed by atoms with Gasteiger partial charge >= 0.3 is 6.09 Å². The summed E-state index contributed by atoms with van der Waals surface area (Å²) in [5.74, 6) is 0.739. The van der Waals surface area contributed by atoms with Crippen molar-refractivity contribution >= 4 is 17.7 Å². The molecule has 2 atom stereocenters. The van der Waals surface area contributed by atoms with Gasteiger partial charge in [-0.3, -0.25) is 4.90 Å². The molecule has 0 radical (unpaired) electrons. The Bertz CT molecular complexity index is 1100. The number of carbonyl (C=O) groups excluding carboxylic acids is 1. The zero-order chi connectivity index (χ0) is 24.0. The highest BCUT2D eigenvalue weighted by Gasteiger charge is 2.42. The summed E-state index contributed by atoms with van der Waals surface area (Å²) in [5.41, 5.74) is 2.63. The lowest BCUT2D eigenvalue weighted by Crippen LogP contribution is -2.53. The van der Waals surface area contributed by atoms with Crippen molar-refractivity contribution in [2.75, 3.05) is 26.2 Å². The van der Waals surface area contributed by atoms with Crippen LogP contribution in [0.2, 0.25) is 5.02 Å². The van der Waals surface area contributed by atoms with Gasteiger partial charge in [0.05, 0.1) is 17.7 Å². The number of hydrogen-bond donors (Lipinski definition) is 1. The summed E-state index contributed by atoms with van der Waals surface area (Å²) < 4.78 is 26.7. The lowest BCUT2D eigenvalue weighted by atomic mass is 9.85. The summed E-state index contributed by atoms with van der Waals surface area (Å²) >= 11 is 6.47. The Hall–Kier alpha value is -2.31. The largest absolute Gasteiger partial charge is 0.494 e. The van der Waals surface area contributed by atoms with Gasteiger partial charge in [-0.05, 0) is 92.1 Å². The fourth-order valence-electron chi connectivity index (χ4n) is 5.85. The molecule has 0 saturated carbocycles. The molecule has 1 amide bonds. The third kappa shape index (κ3) is 4.38. The van der Waals surface area contributed by atoms with Crippen LogP contribution in [0.4, 0.5) is 9.18 Å². The number of nitrogens with one attached hydrogen (secondary N) is 1. The first kappa shape index (κ1) is 23.4. The van der Waals surface area contributed by atoms with E-state index >= 15 is 4.39 Å². The number of nitrogens with zero attached hydrogens (tertiary/aromatic N) is 1. The lowest BCUT2D eigenvalue weighted by molar-refractivity contribution is -0.0349. The Morgan fingerprint density at radius 1 is 1.21 bits per heavy atom. The van der Waals surface area contributed by atoms with Crippen molar-refractivity contribution in [3.05, 3.63) is 52.3 Å². The summed E-state index contributed by atoms with van der Waals surface area (Å²) in [5, 5.41) is 3.50. The number of piperidine rings is 3. The first-order chi connectivity index (χ1) is 16.2. The smallest absolute Gasteiger partial charge is 0.407 e. The van der Waals surface area contributed by atoms with Gasteiger partial charge in [-0.2, -0.15) is 0 Å². The molecule has 4 aliphatic rings. The second-order valence-corrected chi connectivity index (χ2v) is 10.8. The van der Waals surface area contributed by atoms with Crippen LogP contribution in [0.15, 0.2) is 30.3 Å². The molecule has 3 aliphatic heterocycles. The van der Waals surface area contributed by atoms with E-state index in [9.17, 15) is 4.79 Å². The molecule has 34 heavy (non-hydrogen) atoms. The van der Waals surface area contributed by atoms with E-state index in [0.29, 0.717) is 34.4 Å². The molecule has 1 N–H and O–H groups in total. The van der Waals surface area contributed by atoms with Crippen LogP contribution < -0.4 is 10.1 Å². The number of rotatable bonds is 5. The first-order valence-electron chi connectivity index (χ1n) is 12.2. The molecule has 6 rings (SSSR count). The average Bonchev–Trinajstić information content (AvgIpc) is 3.03. The second-order valence-electron chi connectivity index (χ2n) is 10.4. The van der Waals surface area contributed by atoms with Crippen LogP contribution in [0.3, 0.4) is 0 Å². The number of benzene rings is 2. The predicted molar refractivity (Wildman–Crippen MR) is 131 cm³/mol. The Morgan fingerprint density at radius 2 is 1.97 bits per heavy atom. The molecule has 2 aromatic rings. The predicted octanol–water partition coefficient (Wildman–Crippen LogP) is 5.99. The third-order valence-corrected chi connectivity index (χ3v) is 7.94. The molecular weight excluding hydrogens is 455 g/mol. The number of halogens is 2. The summed E-state index contributed by atoms with van der Waals surface area (Å²) in [6.45, 7) is 9.62. The van der Waals surface area contributed by atoms with E-state index in [-0.39, 0.29) is 23.4 Å². The summed E-state index contributed by atoms with van der Waals surface area (Å²) in [4.78, 5) is 15.2. The zero-order valence-electron chi connectivity index (χ0n) is 20.0. The van der Waals surface area contributed by atoms with Crippen molar-refractivity contribution in [3.8, 4) is 16.9 Å². The fraction of sp³-hybridized carbons (Fsp3) is 0.519. The van der Waals surface area contributed by atoms with Crippen molar-refractivity contribution in [1.29, 1.82) is 0 Å². The quantitative estimate of drug-likeness (QED) is 0.564. The Morgan fingerprint density at radius 3 is 2.62 bits per heavy atom. The maximum absolute atomic E-state index is 15.4. The highest BCUT2D eigenvalue weighted by atomic mass is 35.5. The van der Waals surface area contributed by atoms with Crippen molar-refractivity contribution < 1.29 is 18.7 Å². The first-order valence-corrected chi connectivity index (χ1v) is 12.6. The second kappa shape index (κ2) is 9.04. The molecule has 0 unspecified atom stereocenters. The average molecular weight is 487 g/mol. The highest BCUT2D eigenvalue weighted by Crippen LogP contribution is 2.47. The Kier molecular flexibility index (Phi) is 6.23. The fourth-order valence-corrected chi connectivity index (χ4v) is 6.13. The van der Waals surface area contributed by atoms with Gasteiger partial charge < -0.3 is 14.8 Å². The highest BCUT2D eigenvalue weighted by molar-refractivity contribution is 6.33. The molecule has 5 nitrogen and oxygen atoms in total. The monoisotopic (exact) mass is 486 g/mol. The number of amides is 1. The van der Waals surface area contributed by atoms with E-state index in [0.717, 1.165) is 50.0 Å². The maximum atomic E-state index is 15.4. The van der Waals surface area contributed by atoms with Crippen LogP contribution >= 0.6 is 11.6 Å². The normalized spacial score (nSPS) is 26.7. The van der Waals surface area contributed by atoms with E-state index < -0.39 is 6.09 Å². The van der Waals surface area contributed by atoms with E-state index in [4.69, 9.17) is 21.1 Å². The van der Waals surface area contributed by atoms with Gasteiger partial charge in [0.25, 0.3) is 0 Å². The van der Waals surface area contributed by atoms with Gasteiger partial charge in [0.15, 0.2) is 0 Å². The molecule has 7 heteroatoms. The van der Waals surface area contributed by atoms with Crippen molar-refractivity contribution in [3.63, 3.8) is 0 Å². The Balaban J connectivity index is 1.37. The molecule has 3 heterocycles. The van der Waals surface area contributed by atoms with Gasteiger partial charge in [0, 0.05) is 17.7 Å². The van der Waals surface area contributed by atoms with Crippen molar-refractivity contribution in [2.24, 2.45) is 11.3 Å². The topological polar surface area (TPSA) is 50.8 Å². The van der Waals surface area contributed by atoms with Gasteiger partial charge in [0.1, 0.15) is 17.7 Å². The van der Waals surface area contributed by atoms with Gasteiger partial charge in [-0.1, -0.05) is 25.4 Å². The van der Waals surface area contributed by atoms with Crippen LogP contribution in [-0.4, -0.2) is 43.3 Å². The molecule has 0 aromatic heterocycles. The summed E-state index contributed by atoms with van der Waals surface area (Å²) in [7, 11) is 0. The number of fused-ring (bicyclic) bond motifs is 4. The van der Waals surface area contributed by atoms with E-state index in [1.807, 2.05) is 13.0 Å². The SMILES string of the molecule is CCOc1ccc(-c2cc3c(cc2F)[C@H](NC(=O)O[C@H]2CN4CCC2CC4)C(C)(C)C3)c(Cl)c1. The van der Waals surface area contributed by atoms with E-state index in [2.05, 4.69) is 24.1 Å². The number of hydrogen-bond acceptors (Lipinski definition) is 4. The molecule has 3 saturated heterocycles. The van der Waals surface area contributed by atoms with Gasteiger partial charge in [-0.15, -0.1) is 0 Å². The lowest BCUT2D eigenvalue weighted by Gasteiger charge is -2.44. The van der Waals surface area contributed by atoms with Crippen LogP contribution in [0, 0.1) is 17.2 Å². The number of ether oxygens (including phenoxy) is 2. The molecule has 0 spiro atoms. The summed E-state index contributed by atoms with van der Waals surface area (Å²) in [6.07, 6.45) is 2.40. The maximum Gasteiger partial charge on any atom is 0.407 e. The van der Waals surface area contributed by atoms with Gasteiger partial charge in [-0.25, -0.2) is 9.18 Å². The molecule has 2 aromatic carbocycles. The van der Waals surface area contributed by atoms with E-state index in [1.54, 1.807) is 24.3 Å². The number of alkyl carbamates (subject to hydrolysis) is 1. The van der Waals surface area contributed by atoms with Crippen LogP contribution in [0.25, 0.3) is 11.1 Å². The molecule has 182 valence electrons. The minimum absolute atomic E-state index is 0.0626. The zero-order valence-corrected chi connectivity index (χ0v) is 20.8. The van der Waals surface area contributed by atoms with Crippen LogP contribution in [0.5, 0.6) is 5.75 Å². The third-order valence-electron chi connectivity index (χ3n) is 7.63. The number of carbonyl (C=O) groups is 1. The van der Waals surface area contributed by atoms with Crippen molar-refractivity contribution in [1.82, 2.24) is 10.2 Å². The standard InChI is InChI=1S/C27H32ClFN2O3/c1-4-33-18-5-6-19(22(28)12-18)21-11-17-14-27(2,3)25(20(17)13-23(21)29)30-26(32)34-24-15-31-9-7-16(24)8-10-31/h5-6,11-13,16,24-25H,4,7-10,14-15H2,1-3H3,(H,30,32)/t24-,25-/m0/s1. The minimum Gasteiger partial charge on any atom is -0.494 e. The molecule has 2 bridgehead atoms. The molecule has 3 fully saturated rings. The molecular formula is C27H32ClFN2O3. The summed E-state index contributed by atoms with van der Waals surface area (Å²) in [6, 6.07) is 8.40. The molecule has 1 aliphatic carbocycles. The van der Waals surface area contributed by atoms with Crippen molar-refractivity contribution in [2.45, 2.75) is 52.2 Å². The van der Waals surface area contributed by atoms with Crippen LogP contribution in [0.1, 0.15) is 50.8 Å². The van der Waals surface area contributed by atoms with Crippen LogP contribution in [-0.2, 0) is 11.2 Å². The van der Waals surface area contributed by atoms with Gasteiger partial charge in [0.2, 0.25) is 0 Å². The Labute approximate surface area is 205 Å².